The van der Waals surface area contributed by atoms with Crippen LogP contribution in [-0.4, -0.2) is 67.8 Å². The third kappa shape index (κ3) is 4.20. The van der Waals surface area contributed by atoms with Gasteiger partial charge in [-0.1, -0.05) is 6.07 Å². The van der Waals surface area contributed by atoms with E-state index in [0.717, 1.165) is 60.4 Å². The summed E-state index contributed by atoms with van der Waals surface area (Å²) in [5.41, 5.74) is 3.50. The molecule has 1 aliphatic heterocycles. The number of aromatic nitrogens is 3. The predicted octanol–water partition coefficient (Wildman–Crippen LogP) is 1.82. The quantitative estimate of drug-likeness (QED) is 0.717. The van der Waals surface area contributed by atoms with Gasteiger partial charge in [0.15, 0.2) is 0 Å². The standard InChI is InChI=1S/C19H22N6O2S/c1-24-7-9-25(10-8-24)19-13-20-16-5-3-14(11-17(16)22-19)15-4-6-18(21-12-15)23-28(2,26)27/h3-6,11-13H,7-10H2,1-2H3,(H,21,23). The van der Waals surface area contributed by atoms with E-state index in [-0.39, 0.29) is 0 Å². The van der Waals surface area contributed by atoms with Crippen LogP contribution in [0, 0.1) is 0 Å². The summed E-state index contributed by atoms with van der Waals surface area (Å²) in [6, 6.07) is 9.37. The molecule has 28 heavy (non-hydrogen) atoms. The van der Waals surface area contributed by atoms with E-state index in [9.17, 15) is 8.42 Å². The molecule has 146 valence electrons. The molecule has 1 aliphatic rings. The van der Waals surface area contributed by atoms with Gasteiger partial charge in [0.1, 0.15) is 11.6 Å². The van der Waals surface area contributed by atoms with Crippen LogP contribution in [0.4, 0.5) is 11.6 Å². The Labute approximate surface area is 164 Å². The first-order valence-electron chi connectivity index (χ1n) is 9.02. The van der Waals surface area contributed by atoms with Gasteiger partial charge in [-0.2, -0.15) is 0 Å². The number of hydrogen-bond donors (Lipinski definition) is 1. The molecule has 1 aromatic carbocycles. The summed E-state index contributed by atoms with van der Waals surface area (Å²) in [5.74, 6) is 1.19. The molecule has 0 saturated carbocycles. The third-order valence-corrected chi connectivity index (χ3v) is 5.32. The van der Waals surface area contributed by atoms with Crippen LogP contribution in [0.2, 0.25) is 0 Å². The number of benzene rings is 1. The summed E-state index contributed by atoms with van der Waals surface area (Å²) in [6.07, 6.45) is 4.58. The normalized spacial score (nSPS) is 15.7. The summed E-state index contributed by atoms with van der Waals surface area (Å²) < 4.78 is 25.0. The molecule has 3 aromatic rings. The number of nitrogens with one attached hydrogen (secondary N) is 1. The van der Waals surface area contributed by atoms with Crippen molar-refractivity contribution < 1.29 is 8.42 Å². The Morgan fingerprint density at radius 1 is 0.929 bits per heavy atom. The van der Waals surface area contributed by atoms with E-state index in [1.54, 1.807) is 12.3 Å². The van der Waals surface area contributed by atoms with Crippen molar-refractivity contribution >= 4 is 32.7 Å². The van der Waals surface area contributed by atoms with Gasteiger partial charge in [0.05, 0.1) is 23.5 Å². The van der Waals surface area contributed by atoms with Crippen LogP contribution in [-0.2, 0) is 10.0 Å². The van der Waals surface area contributed by atoms with Crippen molar-refractivity contribution in [1.82, 2.24) is 19.9 Å². The van der Waals surface area contributed by atoms with Gasteiger partial charge in [-0.3, -0.25) is 9.71 Å². The van der Waals surface area contributed by atoms with E-state index in [1.165, 1.54) is 0 Å². The molecule has 4 rings (SSSR count). The van der Waals surface area contributed by atoms with Crippen LogP contribution < -0.4 is 9.62 Å². The van der Waals surface area contributed by atoms with Crippen molar-refractivity contribution in [2.75, 3.05) is 49.1 Å². The van der Waals surface area contributed by atoms with E-state index in [2.05, 4.69) is 31.5 Å². The third-order valence-electron chi connectivity index (χ3n) is 4.74. The van der Waals surface area contributed by atoms with Gasteiger partial charge in [0.2, 0.25) is 10.0 Å². The summed E-state index contributed by atoms with van der Waals surface area (Å²) in [4.78, 5) is 18.1. The fourth-order valence-corrected chi connectivity index (χ4v) is 3.68. The smallest absolute Gasteiger partial charge is 0.230 e. The van der Waals surface area contributed by atoms with Gasteiger partial charge in [-0.05, 0) is 36.9 Å². The average Bonchev–Trinajstić information content (AvgIpc) is 2.67. The molecule has 1 fully saturated rings. The monoisotopic (exact) mass is 398 g/mol. The van der Waals surface area contributed by atoms with Crippen LogP contribution in [0.3, 0.4) is 0 Å². The van der Waals surface area contributed by atoms with Crippen molar-refractivity contribution in [1.29, 1.82) is 0 Å². The maximum atomic E-state index is 11.3. The van der Waals surface area contributed by atoms with Crippen molar-refractivity contribution in [3.63, 3.8) is 0 Å². The largest absolute Gasteiger partial charge is 0.353 e. The van der Waals surface area contributed by atoms with Crippen LogP contribution in [0.1, 0.15) is 0 Å². The minimum atomic E-state index is -3.34. The van der Waals surface area contributed by atoms with Crippen LogP contribution >= 0.6 is 0 Å². The lowest BCUT2D eigenvalue weighted by Crippen LogP contribution is -2.44. The summed E-state index contributed by atoms with van der Waals surface area (Å²) in [5, 5.41) is 0. The molecular weight excluding hydrogens is 376 g/mol. The molecule has 0 spiro atoms. The molecule has 0 unspecified atom stereocenters. The van der Waals surface area contributed by atoms with Crippen LogP contribution in [0.15, 0.2) is 42.7 Å². The average molecular weight is 398 g/mol. The van der Waals surface area contributed by atoms with Gasteiger partial charge in [-0.15, -0.1) is 0 Å². The highest BCUT2D eigenvalue weighted by molar-refractivity contribution is 7.92. The van der Waals surface area contributed by atoms with E-state index < -0.39 is 10.0 Å². The molecule has 8 nitrogen and oxygen atoms in total. The van der Waals surface area contributed by atoms with Crippen molar-refractivity contribution in [2.45, 2.75) is 0 Å². The molecule has 0 aliphatic carbocycles. The number of rotatable bonds is 4. The first-order chi connectivity index (χ1) is 13.4. The molecule has 1 saturated heterocycles. The second kappa shape index (κ2) is 7.33. The Bertz CT molecular complexity index is 1090. The Balaban J connectivity index is 1.61. The number of hydrogen-bond acceptors (Lipinski definition) is 7. The first-order valence-corrected chi connectivity index (χ1v) is 10.9. The lowest BCUT2D eigenvalue weighted by Gasteiger charge is -2.33. The molecule has 9 heteroatoms. The lowest BCUT2D eigenvalue weighted by molar-refractivity contribution is 0.312. The Morgan fingerprint density at radius 2 is 1.68 bits per heavy atom. The van der Waals surface area contributed by atoms with Crippen LogP contribution in [0.5, 0.6) is 0 Å². The van der Waals surface area contributed by atoms with Crippen LogP contribution in [0.25, 0.3) is 22.2 Å². The highest BCUT2D eigenvalue weighted by Crippen LogP contribution is 2.25. The minimum absolute atomic E-state index is 0.296. The molecule has 0 atom stereocenters. The number of anilines is 2. The fourth-order valence-electron chi connectivity index (χ4n) is 3.18. The Morgan fingerprint density at radius 3 is 2.36 bits per heavy atom. The number of nitrogens with zero attached hydrogens (tertiary/aromatic N) is 5. The zero-order valence-corrected chi connectivity index (χ0v) is 16.6. The van der Waals surface area contributed by atoms with E-state index in [4.69, 9.17) is 4.98 Å². The molecule has 0 amide bonds. The van der Waals surface area contributed by atoms with E-state index in [1.807, 2.05) is 30.5 Å². The Kier molecular flexibility index (Phi) is 4.86. The summed E-state index contributed by atoms with van der Waals surface area (Å²) in [7, 11) is -1.22. The molecule has 1 N–H and O–H groups in total. The lowest BCUT2D eigenvalue weighted by atomic mass is 10.1. The number of fused-ring (bicyclic) bond motifs is 1. The maximum absolute atomic E-state index is 11.3. The Hall–Kier alpha value is -2.78. The first kappa shape index (κ1) is 18.6. The maximum Gasteiger partial charge on any atom is 0.230 e. The number of piperazine rings is 1. The highest BCUT2D eigenvalue weighted by Gasteiger charge is 2.16. The van der Waals surface area contributed by atoms with Gasteiger partial charge in [0.25, 0.3) is 0 Å². The number of sulfonamides is 1. The molecule has 0 bridgehead atoms. The molecule has 2 aromatic heterocycles. The second-order valence-corrected chi connectivity index (χ2v) is 8.78. The summed E-state index contributed by atoms with van der Waals surface area (Å²) >= 11 is 0. The van der Waals surface area contributed by atoms with E-state index in [0.29, 0.717) is 5.82 Å². The van der Waals surface area contributed by atoms with E-state index >= 15 is 0 Å². The molecular formula is C19H22N6O2S. The molecule has 0 radical (unpaired) electrons. The topological polar surface area (TPSA) is 91.3 Å². The fraction of sp³-hybridized carbons (Fsp3) is 0.316. The highest BCUT2D eigenvalue weighted by atomic mass is 32.2. The summed E-state index contributed by atoms with van der Waals surface area (Å²) in [6.45, 7) is 3.91. The molecule has 3 heterocycles. The van der Waals surface area contributed by atoms with Gasteiger partial charge < -0.3 is 9.80 Å². The van der Waals surface area contributed by atoms with Gasteiger partial charge in [-0.25, -0.2) is 18.4 Å². The van der Waals surface area contributed by atoms with Gasteiger partial charge in [0, 0.05) is 37.9 Å². The SMILES string of the molecule is CN1CCN(c2cnc3ccc(-c4ccc(NS(C)(=O)=O)nc4)cc3n2)CC1. The van der Waals surface area contributed by atoms with Crippen molar-refractivity contribution in [2.24, 2.45) is 0 Å². The minimum Gasteiger partial charge on any atom is -0.353 e. The zero-order chi connectivity index (χ0) is 19.7. The zero-order valence-electron chi connectivity index (χ0n) is 15.8. The van der Waals surface area contributed by atoms with Crippen molar-refractivity contribution in [3.05, 3.63) is 42.7 Å². The second-order valence-electron chi connectivity index (χ2n) is 7.03. The number of likely N-dealkylation sites (N-methyl/N-ethyl adjacent to an activating group) is 1. The number of pyridine rings is 1. The van der Waals surface area contributed by atoms with Crippen molar-refractivity contribution in [3.8, 4) is 11.1 Å². The predicted molar refractivity (Wildman–Crippen MR) is 111 cm³/mol. The van der Waals surface area contributed by atoms with Gasteiger partial charge >= 0.3 is 0 Å².